The highest BCUT2D eigenvalue weighted by atomic mass is 32.2. The summed E-state index contributed by atoms with van der Waals surface area (Å²) in [5, 5.41) is 0. The standard InChI is InChI=1S/C24H33OS/c1(9-16-24-17-11-18-25-24)2-10-19-26(20-22-12-5-3-6-13-22)21-23-14-7-4-8-15-23/h3-8,12-15,24H,1-2,9-11,16-21H2/q+1. The first kappa shape index (κ1) is 19.5. The van der Waals surface area contributed by atoms with Crippen LogP contribution in [-0.4, -0.2) is 18.5 Å². The van der Waals surface area contributed by atoms with Crippen LogP contribution in [0.25, 0.3) is 0 Å². The third kappa shape index (κ3) is 7.17. The molecule has 0 aliphatic carbocycles. The Morgan fingerprint density at radius 1 is 0.769 bits per heavy atom. The van der Waals surface area contributed by atoms with Crippen molar-refractivity contribution in [2.24, 2.45) is 0 Å². The Morgan fingerprint density at radius 2 is 1.38 bits per heavy atom. The summed E-state index contributed by atoms with van der Waals surface area (Å²) in [7, 11) is 0.441. The van der Waals surface area contributed by atoms with E-state index in [2.05, 4.69) is 60.7 Å². The Labute approximate surface area is 162 Å². The fraction of sp³-hybridized carbons (Fsp3) is 0.500. The fourth-order valence-corrected chi connectivity index (χ4v) is 6.05. The van der Waals surface area contributed by atoms with E-state index in [0.29, 0.717) is 17.0 Å². The van der Waals surface area contributed by atoms with Gasteiger partial charge in [0.1, 0.15) is 17.3 Å². The van der Waals surface area contributed by atoms with Gasteiger partial charge in [0.15, 0.2) is 0 Å². The molecular formula is C24H33OS+. The Kier molecular flexibility index (Phi) is 8.60. The highest BCUT2D eigenvalue weighted by Gasteiger charge is 2.19. The zero-order valence-corrected chi connectivity index (χ0v) is 16.8. The predicted molar refractivity (Wildman–Crippen MR) is 115 cm³/mol. The van der Waals surface area contributed by atoms with E-state index in [1.165, 1.54) is 73.3 Å². The summed E-state index contributed by atoms with van der Waals surface area (Å²) in [5.41, 5.74) is 2.98. The molecule has 1 unspecified atom stereocenters. The molecule has 0 saturated carbocycles. The first-order valence-corrected chi connectivity index (χ1v) is 12.0. The Balaban J connectivity index is 1.41. The number of unbranched alkanes of at least 4 members (excludes halogenated alkanes) is 3. The van der Waals surface area contributed by atoms with Gasteiger partial charge < -0.3 is 4.74 Å². The average Bonchev–Trinajstić information content (AvgIpc) is 3.19. The lowest BCUT2D eigenvalue weighted by molar-refractivity contribution is 0.102. The molecule has 2 aromatic carbocycles. The molecule has 0 bridgehead atoms. The first-order chi connectivity index (χ1) is 12.9. The van der Waals surface area contributed by atoms with E-state index in [-0.39, 0.29) is 0 Å². The summed E-state index contributed by atoms with van der Waals surface area (Å²) >= 11 is 0. The Bertz CT molecular complexity index is 551. The number of rotatable bonds is 11. The number of hydrogen-bond donors (Lipinski definition) is 0. The zero-order valence-electron chi connectivity index (χ0n) is 15.9. The predicted octanol–water partition coefficient (Wildman–Crippen LogP) is 6.13. The summed E-state index contributed by atoms with van der Waals surface area (Å²) in [5.74, 6) is 3.82. The average molecular weight is 370 g/mol. The van der Waals surface area contributed by atoms with Crippen molar-refractivity contribution in [2.75, 3.05) is 12.4 Å². The molecule has 1 saturated heterocycles. The van der Waals surface area contributed by atoms with Crippen molar-refractivity contribution in [3.8, 4) is 0 Å². The van der Waals surface area contributed by atoms with Crippen LogP contribution < -0.4 is 0 Å². The maximum absolute atomic E-state index is 5.73. The number of benzene rings is 2. The zero-order chi connectivity index (χ0) is 17.9. The maximum atomic E-state index is 5.73. The lowest BCUT2D eigenvalue weighted by Gasteiger charge is -2.11. The van der Waals surface area contributed by atoms with Crippen LogP contribution in [0.2, 0.25) is 0 Å². The molecule has 3 rings (SSSR count). The van der Waals surface area contributed by atoms with Gasteiger partial charge in [-0.3, -0.25) is 0 Å². The van der Waals surface area contributed by atoms with Crippen molar-refractivity contribution < 1.29 is 4.74 Å². The molecule has 2 heteroatoms. The van der Waals surface area contributed by atoms with Crippen LogP contribution in [0.4, 0.5) is 0 Å². The van der Waals surface area contributed by atoms with E-state index in [9.17, 15) is 0 Å². The van der Waals surface area contributed by atoms with Crippen molar-refractivity contribution in [2.45, 2.75) is 62.6 Å². The van der Waals surface area contributed by atoms with Gasteiger partial charge in [-0.15, -0.1) is 0 Å². The fourth-order valence-electron chi connectivity index (χ4n) is 3.72. The van der Waals surface area contributed by atoms with Gasteiger partial charge >= 0.3 is 0 Å². The smallest absolute Gasteiger partial charge is 0.133 e. The third-order valence-electron chi connectivity index (χ3n) is 5.16. The van der Waals surface area contributed by atoms with Gasteiger partial charge in [0.05, 0.1) is 6.10 Å². The molecule has 140 valence electrons. The van der Waals surface area contributed by atoms with E-state index in [4.69, 9.17) is 4.74 Å². The Hall–Kier alpha value is -1.25. The van der Waals surface area contributed by atoms with E-state index in [1.54, 1.807) is 0 Å². The van der Waals surface area contributed by atoms with Crippen LogP contribution >= 0.6 is 0 Å². The van der Waals surface area contributed by atoms with E-state index in [0.717, 1.165) is 6.61 Å². The molecule has 1 atom stereocenters. The van der Waals surface area contributed by atoms with Crippen LogP contribution in [0.5, 0.6) is 0 Å². The molecular weight excluding hydrogens is 336 g/mol. The maximum Gasteiger partial charge on any atom is 0.133 e. The third-order valence-corrected chi connectivity index (χ3v) is 7.51. The van der Waals surface area contributed by atoms with Crippen molar-refractivity contribution in [1.29, 1.82) is 0 Å². The molecule has 1 fully saturated rings. The highest BCUT2D eigenvalue weighted by molar-refractivity contribution is 7.95. The van der Waals surface area contributed by atoms with Gasteiger partial charge in [0, 0.05) is 17.7 Å². The number of ether oxygens (including phenoxy) is 1. The molecule has 0 amide bonds. The van der Waals surface area contributed by atoms with Crippen molar-refractivity contribution >= 4 is 10.9 Å². The normalized spacial score (nSPS) is 17.0. The first-order valence-electron chi connectivity index (χ1n) is 10.2. The second-order valence-corrected chi connectivity index (χ2v) is 9.62. The van der Waals surface area contributed by atoms with Crippen LogP contribution in [-0.2, 0) is 27.1 Å². The van der Waals surface area contributed by atoms with Gasteiger partial charge in [0.2, 0.25) is 0 Å². The topological polar surface area (TPSA) is 9.23 Å². The molecule has 0 N–H and O–H groups in total. The molecule has 0 radical (unpaired) electrons. The van der Waals surface area contributed by atoms with Crippen molar-refractivity contribution in [3.63, 3.8) is 0 Å². The van der Waals surface area contributed by atoms with Crippen molar-refractivity contribution in [3.05, 3.63) is 71.8 Å². The Morgan fingerprint density at radius 3 is 1.96 bits per heavy atom. The van der Waals surface area contributed by atoms with Crippen LogP contribution in [0.1, 0.15) is 56.1 Å². The van der Waals surface area contributed by atoms with Gasteiger partial charge in [-0.25, -0.2) is 0 Å². The second-order valence-electron chi connectivity index (χ2n) is 7.41. The molecule has 1 aliphatic heterocycles. The molecule has 2 aromatic rings. The van der Waals surface area contributed by atoms with Gasteiger partial charge in [0.25, 0.3) is 0 Å². The summed E-state index contributed by atoms with van der Waals surface area (Å²) in [6.07, 6.45) is 9.86. The lowest BCUT2D eigenvalue weighted by Crippen LogP contribution is -2.13. The second kappa shape index (κ2) is 11.5. The quantitative estimate of drug-likeness (QED) is 0.342. The monoisotopic (exact) mass is 369 g/mol. The SMILES string of the molecule is c1ccc(C[S+](CCCCCCC2CCCO2)Cc2ccccc2)cc1. The van der Waals surface area contributed by atoms with Crippen LogP contribution in [0, 0.1) is 0 Å². The van der Waals surface area contributed by atoms with E-state index >= 15 is 0 Å². The molecule has 1 nitrogen and oxygen atoms in total. The largest absolute Gasteiger partial charge is 0.378 e. The molecule has 1 heterocycles. The van der Waals surface area contributed by atoms with E-state index in [1.807, 2.05) is 0 Å². The molecule has 0 spiro atoms. The van der Waals surface area contributed by atoms with Gasteiger partial charge in [-0.05, 0) is 43.0 Å². The lowest BCUT2D eigenvalue weighted by atomic mass is 10.1. The summed E-state index contributed by atoms with van der Waals surface area (Å²) in [6.45, 7) is 0.992. The van der Waals surface area contributed by atoms with Crippen LogP contribution in [0.3, 0.4) is 0 Å². The summed E-state index contributed by atoms with van der Waals surface area (Å²) < 4.78 is 5.73. The number of hydrogen-bond acceptors (Lipinski definition) is 1. The molecule has 1 aliphatic rings. The summed E-state index contributed by atoms with van der Waals surface area (Å²) in [4.78, 5) is 0. The highest BCUT2D eigenvalue weighted by Crippen LogP contribution is 2.20. The minimum Gasteiger partial charge on any atom is -0.378 e. The van der Waals surface area contributed by atoms with Crippen LogP contribution in [0.15, 0.2) is 60.7 Å². The van der Waals surface area contributed by atoms with Gasteiger partial charge in [-0.2, -0.15) is 0 Å². The van der Waals surface area contributed by atoms with E-state index < -0.39 is 0 Å². The minimum atomic E-state index is 0.441. The van der Waals surface area contributed by atoms with Crippen molar-refractivity contribution in [1.82, 2.24) is 0 Å². The van der Waals surface area contributed by atoms with Gasteiger partial charge in [-0.1, -0.05) is 73.5 Å². The molecule has 0 aromatic heterocycles. The minimum absolute atomic E-state index is 0.441. The summed E-state index contributed by atoms with van der Waals surface area (Å²) in [6, 6.07) is 22.1. The molecule has 26 heavy (non-hydrogen) atoms.